The fourth-order valence-electron chi connectivity index (χ4n) is 2.44. The number of ether oxygens (including phenoxy) is 1. The van der Waals surface area contributed by atoms with Gasteiger partial charge in [0, 0.05) is 17.8 Å². The molecule has 29 heavy (non-hydrogen) atoms. The Kier molecular flexibility index (Phi) is 6.66. The van der Waals surface area contributed by atoms with Crippen LogP contribution in [-0.2, 0) is 14.8 Å². The van der Waals surface area contributed by atoms with E-state index in [4.69, 9.17) is 9.52 Å². The summed E-state index contributed by atoms with van der Waals surface area (Å²) in [5.74, 6) is 8.04. The molecule has 0 aliphatic carbocycles. The van der Waals surface area contributed by atoms with Gasteiger partial charge in [0.2, 0.25) is 5.95 Å². The van der Waals surface area contributed by atoms with E-state index >= 15 is 0 Å². The summed E-state index contributed by atoms with van der Waals surface area (Å²) in [6.45, 7) is 2.67. The van der Waals surface area contributed by atoms with Crippen LogP contribution in [0.2, 0.25) is 0 Å². The number of hydrogen-bond donors (Lipinski definition) is 3. The summed E-state index contributed by atoms with van der Waals surface area (Å²) in [5.41, 5.74) is 2.29. The molecule has 0 saturated carbocycles. The van der Waals surface area contributed by atoms with Crippen LogP contribution in [0.3, 0.4) is 0 Å². The molecule has 3 rings (SSSR count). The second-order valence-corrected chi connectivity index (χ2v) is 6.89. The Morgan fingerprint density at radius 2 is 1.83 bits per heavy atom. The van der Waals surface area contributed by atoms with Crippen LogP contribution in [0.25, 0.3) is 0 Å². The minimum atomic E-state index is -1.75. The van der Waals surface area contributed by atoms with E-state index in [-0.39, 0.29) is 0 Å². The number of hydrogen-bond acceptors (Lipinski definition) is 8. The molecule has 8 heteroatoms. The van der Waals surface area contributed by atoms with Crippen LogP contribution in [0.4, 0.5) is 17.5 Å². The van der Waals surface area contributed by atoms with Crippen LogP contribution in [0.1, 0.15) is 18.1 Å². The quantitative estimate of drug-likeness (QED) is 0.420. The normalized spacial score (nSPS) is 10.2. The van der Waals surface area contributed by atoms with Crippen molar-refractivity contribution < 1.29 is 8.95 Å². The molecule has 0 fully saturated rings. The molecule has 0 radical (unpaired) electrons. The monoisotopic (exact) mass is 406 g/mol. The molecular formula is C21H20N5O2S-. The molecule has 7 nitrogen and oxygen atoms in total. The maximum Gasteiger partial charge on any atom is 0.229 e. The summed E-state index contributed by atoms with van der Waals surface area (Å²) < 4.78 is 23.6. The van der Waals surface area contributed by atoms with Gasteiger partial charge in [-0.05, 0) is 43.3 Å². The van der Waals surface area contributed by atoms with Crippen LogP contribution in [0.5, 0.6) is 5.75 Å². The van der Waals surface area contributed by atoms with Gasteiger partial charge in [-0.1, -0.05) is 28.9 Å². The van der Waals surface area contributed by atoms with Gasteiger partial charge in [-0.15, -0.1) is 0 Å². The molecule has 0 bridgehead atoms. The maximum absolute atomic E-state index is 11.2. The molecule has 2 aromatic carbocycles. The maximum atomic E-state index is 11.2. The number of anilines is 3. The van der Waals surface area contributed by atoms with E-state index in [0.29, 0.717) is 28.8 Å². The van der Waals surface area contributed by atoms with Gasteiger partial charge in [-0.3, -0.25) is 0 Å². The van der Waals surface area contributed by atoms with E-state index in [0.717, 1.165) is 17.0 Å². The first-order valence-corrected chi connectivity index (χ1v) is 10.0. The second kappa shape index (κ2) is 9.57. The zero-order valence-electron chi connectivity index (χ0n) is 16.0. The summed E-state index contributed by atoms with van der Waals surface area (Å²) in [7, 11) is -0.129. The largest absolute Gasteiger partial charge is 0.497 e. The van der Waals surface area contributed by atoms with Crippen molar-refractivity contribution in [1.82, 2.24) is 9.97 Å². The number of aromatic nitrogens is 2. The van der Waals surface area contributed by atoms with E-state index in [2.05, 4.69) is 32.4 Å². The average molecular weight is 406 g/mol. The van der Waals surface area contributed by atoms with E-state index in [1.807, 2.05) is 31.2 Å². The second-order valence-electron chi connectivity index (χ2n) is 5.88. The lowest BCUT2D eigenvalue weighted by atomic mass is 10.2. The Morgan fingerprint density at radius 3 is 2.45 bits per heavy atom. The van der Waals surface area contributed by atoms with Gasteiger partial charge in [0.1, 0.15) is 11.6 Å². The zero-order chi connectivity index (χ0) is 20.6. The molecule has 0 aliphatic heterocycles. The fraction of sp³-hybridized carbons (Fsp3) is 0.143. The molecule has 3 N–H and O–H groups in total. The van der Waals surface area contributed by atoms with Crippen LogP contribution >= 0.6 is 0 Å². The lowest BCUT2D eigenvalue weighted by Crippen LogP contribution is -2.06. The van der Waals surface area contributed by atoms with Crippen molar-refractivity contribution in [2.45, 2.75) is 11.8 Å². The van der Waals surface area contributed by atoms with Crippen molar-refractivity contribution in [3.63, 3.8) is 0 Å². The van der Waals surface area contributed by atoms with Crippen LogP contribution < -0.4 is 15.4 Å². The summed E-state index contributed by atoms with van der Waals surface area (Å²) in [5, 5.41) is 6.30. The van der Waals surface area contributed by atoms with E-state index in [9.17, 15) is 4.21 Å². The van der Waals surface area contributed by atoms with E-state index in [1.165, 1.54) is 0 Å². The fourth-order valence-corrected chi connectivity index (χ4v) is 2.82. The molecular weight excluding hydrogens is 386 g/mol. The predicted molar refractivity (Wildman–Crippen MR) is 114 cm³/mol. The van der Waals surface area contributed by atoms with Gasteiger partial charge in [-0.25, -0.2) is 4.98 Å². The standard InChI is InChI=1S/C21H20N5O2S/c1-3-23-20-16(7-4-15-5-10-18(28-2)11-6-15)14-24-21(26-20)25-17-8-12-19(13-9-17)29(22)27/h5-6,8-14,22H,3H2,1-2H3,(H2,23,24,25,26)/q-1. The SMILES string of the molecule is CCNc1nc(Nc2ccc([S-](=N)=O)cc2)ncc1C#Cc1ccc(OC)cc1. The van der Waals surface area contributed by atoms with Crippen LogP contribution in [0.15, 0.2) is 59.6 Å². The van der Waals surface area contributed by atoms with Crippen molar-refractivity contribution in [1.29, 1.82) is 4.78 Å². The Hall–Kier alpha value is -3.57. The summed E-state index contributed by atoms with van der Waals surface area (Å²) in [6.07, 6.45) is 1.66. The highest BCUT2D eigenvalue weighted by Gasteiger charge is 2.05. The molecule has 0 amide bonds. The van der Waals surface area contributed by atoms with Crippen molar-refractivity contribution >= 4 is 28.0 Å². The van der Waals surface area contributed by atoms with Crippen molar-refractivity contribution in [3.8, 4) is 17.6 Å². The summed E-state index contributed by atoms with van der Waals surface area (Å²) in [6, 6.07) is 14.2. The molecule has 0 aliphatic rings. The topological polar surface area (TPSA) is 100.0 Å². The number of nitrogens with zero attached hydrogens (tertiary/aromatic N) is 2. The third-order valence-corrected chi connectivity index (χ3v) is 4.59. The number of benzene rings is 2. The molecule has 0 spiro atoms. The summed E-state index contributed by atoms with van der Waals surface area (Å²) in [4.78, 5) is 9.27. The Morgan fingerprint density at radius 1 is 1.10 bits per heavy atom. The first kappa shape index (κ1) is 20.2. The molecule has 0 atom stereocenters. The van der Waals surface area contributed by atoms with Crippen molar-refractivity contribution in [2.75, 3.05) is 24.3 Å². The first-order chi connectivity index (χ1) is 14.1. The highest BCUT2D eigenvalue weighted by Crippen LogP contribution is 2.18. The van der Waals surface area contributed by atoms with Gasteiger partial charge in [-0.2, -0.15) is 15.6 Å². The third kappa shape index (κ3) is 5.46. The van der Waals surface area contributed by atoms with Gasteiger partial charge in [0.15, 0.2) is 0 Å². The molecule has 1 heterocycles. The smallest absolute Gasteiger partial charge is 0.229 e. The molecule has 3 aromatic rings. The molecule has 1 aromatic heterocycles. The van der Waals surface area contributed by atoms with E-state index in [1.54, 1.807) is 37.6 Å². The Bertz CT molecular complexity index is 1110. The zero-order valence-corrected chi connectivity index (χ0v) is 16.8. The molecule has 0 unspecified atom stereocenters. The summed E-state index contributed by atoms with van der Waals surface area (Å²) >= 11 is 0. The lowest BCUT2D eigenvalue weighted by molar-refractivity contribution is 0.415. The Labute approximate surface area is 171 Å². The first-order valence-electron chi connectivity index (χ1n) is 8.86. The minimum absolute atomic E-state index is 0.413. The van der Waals surface area contributed by atoms with Gasteiger partial charge in [0.05, 0.1) is 18.9 Å². The van der Waals surface area contributed by atoms with E-state index < -0.39 is 10.6 Å². The Balaban J connectivity index is 1.82. The highest BCUT2D eigenvalue weighted by atomic mass is 32.2. The van der Waals surface area contributed by atoms with Gasteiger partial charge in [0.25, 0.3) is 0 Å². The minimum Gasteiger partial charge on any atom is -0.497 e. The highest BCUT2D eigenvalue weighted by molar-refractivity contribution is 7.73. The van der Waals surface area contributed by atoms with Crippen LogP contribution in [0, 0.1) is 16.6 Å². The van der Waals surface area contributed by atoms with Crippen molar-refractivity contribution in [3.05, 3.63) is 65.9 Å². The van der Waals surface area contributed by atoms with Crippen molar-refractivity contribution in [2.24, 2.45) is 0 Å². The van der Waals surface area contributed by atoms with Gasteiger partial charge < -0.3 is 24.4 Å². The number of rotatable bonds is 6. The third-order valence-electron chi connectivity index (χ3n) is 3.89. The average Bonchev–Trinajstić information content (AvgIpc) is 2.74. The number of nitrogens with one attached hydrogen (secondary N) is 3. The lowest BCUT2D eigenvalue weighted by Gasteiger charge is -2.10. The molecule has 148 valence electrons. The predicted octanol–water partition coefficient (Wildman–Crippen LogP) is 4.15. The number of methoxy groups -OCH3 is 1. The van der Waals surface area contributed by atoms with Gasteiger partial charge >= 0.3 is 0 Å². The van der Waals surface area contributed by atoms with Crippen LogP contribution in [-0.4, -0.2) is 23.6 Å². The molecule has 0 saturated heterocycles.